The number of halogens is 2. The normalized spacial score (nSPS) is 10.6. The quantitative estimate of drug-likeness (QED) is 0.575. The molecule has 3 rings (SSSR count). The summed E-state index contributed by atoms with van der Waals surface area (Å²) in [5.41, 5.74) is 1.94. The SMILES string of the molecule is CNc1nc(-c2ccc(Br)o2)nc(-c2ccccc2)c1I. The van der Waals surface area contributed by atoms with Gasteiger partial charge in [-0.2, -0.15) is 0 Å². The molecular weight excluding hydrogens is 445 g/mol. The molecule has 2 aromatic heterocycles. The van der Waals surface area contributed by atoms with Gasteiger partial charge in [-0.1, -0.05) is 30.3 Å². The van der Waals surface area contributed by atoms with Crippen LogP contribution < -0.4 is 5.32 Å². The number of aromatic nitrogens is 2. The summed E-state index contributed by atoms with van der Waals surface area (Å²) in [7, 11) is 1.85. The molecule has 0 amide bonds. The molecule has 21 heavy (non-hydrogen) atoms. The van der Waals surface area contributed by atoms with Gasteiger partial charge >= 0.3 is 0 Å². The van der Waals surface area contributed by atoms with Crippen LogP contribution in [0.5, 0.6) is 0 Å². The van der Waals surface area contributed by atoms with Gasteiger partial charge in [0.2, 0.25) is 0 Å². The van der Waals surface area contributed by atoms with Crippen molar-refractivity contribution in [3.8, 4) is 22.8 Å². The van der Waals surface area contributed by atoms with Gasteiger partial charge in [-0.3, -0.25) is 0 Å². The van der Waals surface area contributed by atoms with E-state index in [2.05, 4.69) is 53.8 Å². The lowest BCUT2D eigenvalue weighted by molar-refractivity contribution is 0.551. The predicted octanol–water partition coefficient (Wildman–Crippen LogP) is 4.81. The molecule has 0 aliphatic rings. The van der Waals surface area contributed by atoms with E-state index in [-0.39, 0.29) is 0 Å². The number of benzene rings is 1. The Labute approximate surface area is 144 Å². The average molecular weight is 456 g/mol. The Balaban J connectivity index is 2.20. The van der Waals surface area contributed by atoms with Crippen LogP contribution in [-0.2, 0) is 0 Å². The minimum Gasteiger partial charge on any atom is -0.446 e. The number of anilines is 1. The first-order valence-electron chi connectivity index (χ1n) is 6.25. The lowest BCUT2D eigenvalue weighted by Gasteiger charge is -2.10. The summed E-state index contributed by atoms with van der Waals surface area (Å²) in [6, 6.07) is 13.7. The Morgan fingerprint density at radius 1 is 1.10 bits per heavy atom. The van der Waals surface area contributed by atoms with Crippen molar-refractivity contribution in [3.05, 3.63) is 50.7 Å². The monoisotopic (exact) mass is 455 g/mol. The van der Waals surface area contributed by atoms with Crippen molar-refractivity contribution >= 4 is 44.3 Å². The molecule has 0 aliphatic heterocycles. The zero-order valence-corrected chi connectivity index (χ0v) is 14.8. The first-order chi connectivity index (χ1) is 10.2. The largest absolute Gasteiger partial charge is 0.446 e. The summed E-state index contributed by atoms with van der Waals surface area (Å²) >= 11 is 5.56. The second kappa shape index (κ2) is 6.15. The van der Waals surface area contributed by atoms with Gasteiger partial charge in [0, 0.05) is 12.6 Å². The molecule has 1 N–H and O–H groups in total. The Kier molecular flexibility index (Phi) is 4.25. The highest BCUT2D eigenvalue weighted by molar-refractivity contribution is 14.1. The zero-order chi connectivity index (χ0) is 14.8. The van der Waals surface area contributed by atoms with Crippen molar-refractivity contribution in [2.45, 2.75) is 0 Å². The van der Waals surface area contributed by atoms with Crippen LogP contribution in [0.1, 0.15) is 0 Å². The Morgan fingerprint density at radius 2 is 1.86 bits per heavy atom. The summed E-state index contributed by atoms with van der Waals surface area (Å²) in [4.78, 5) is 9.18. The van der Waals surface area contributed by atoms with E-state index in [4.69, 9.17) is 4.42 Å². The Bertz CT molecular complexity index is 774. The van der Waals surface area contributed by atoms with Crippen molar-refractivity contribution in [1.82, 2.24) is 9.97 Å². The van der Waals surface area contributed by atoms with Crippen molar-refractivity contribution in [1.29, 1.82) is 0 Å². The van der Waals surface area contributed by atoms with Crippen molar-refractivity contribution < 1.29 is 4.42 Å². The molecule has 2 heterocycles. The highest BCUT2D eigenvalue weighted by Gasteiger charge is 2.16. The summed E-state index contributed by atoms with van der Waals surface area (Å²) in [6.07, 6.45) is 0. The molecule has 1 aromatic carbocycles. The van der Waals surface area contributed by atoms with Crippen LogP contribution in [0, 0.1) is 3.57 Å². The molecule has 3 aromatic rings. The van der Waals surface area contributed by atoms with E-state index in [9.17, 15) is 0 Å². The topological polar surface area (TPSA) is 51.0 Å². The lowest BCUT2D eigenvalue weighted by Crippen LogP contribution is -2.02. The molecule has 0 fully saturated rings. The second-order valence-electron chi connectivity index (χ2n) is 4.28. The van der Waals surface area contributed by atoms with E-state index in [1.807, 2.05) is 49.5 Å². The maximum absolute atomic E-state index is 5.56. The number of nitrogens with one attached hydrogen (secondary N) is 1. The third-order valence-corrected chi connectivity index (χ3v) is 4.38. The summed E-state index contributed by atoms with van der Waals surface area (Å²) in [6.45, 7) is 0. The fourth-order valence-corrected chi connectivity index (χ4v) is 3.07. The van der Waals surface area contributed by atoms with Gasteiger partial charge in [-0.15, -0.1) is 0 Å². The van der Waals surface area contributed by atoms with Crippen LogP contribution >= 0.6 is 38.5 Å². The minimum absolute atomic E-state index is 0.560. The van der Waals surface area contributed by atoms with Crippen LogP contribution in [0.15, 0.2) is 51.6 Å². The van der Waals surface area contributed by atoms with Gasteiger partial charge in [0.05, 0.1) is 9.26 Å². The molecule has 0 saturated heterocycles. The van der Waals surface area contributed by atoms with Crippen molar-refractivity contribution in [2.75, 3.05) is 12.4 Å². The Morgan fingerprint density at radius 3 is 2.48 bits per heavy atom. The first-order valence-corrected chi connectivity index (χ1v) is 8.12. The first kappa shape index (κ1) is 14.5. The van der Waals surface area contributed by atoms with Crippen LogP contribution in [0.3, 0.4) is 0 Å². The molecule has 0 radical (unpaired) electrons. The molecule has 0 saturated carbocycles. The fourth-order valence-electron chi connectivity index (χ4n) is 1.94. The lowest BCUT2D eigenvalue weighted by atomic mass is 10.1. The van der Waals surface area contributed by atoms with Gasteiger partial charge in [-0.05, 0) is 50.7 Å². The molecule has 106 valence electrons. The van der Waals surface area contributed by atoms with Gasteiger partial charge in [0.25, 0.3) is 0 Å². The maximum atomic E-state index is 5.56. The highest BCUT2D eigenvalue weighted by atomic mass is 127. The maximum Gasteiger partial charge on any atom is 0.198 e. The molecule has 0 spiro atoms. The number of rotatable bonds is 3. The van der Waals surface area contributed by atoms with E-state index in [0.29, 0.717) is 16.3 Å². The minimum atomic E-state index is 0.560. The standard InChI is InChI=1S/C15H11BrIN3O/c1-18-15-12(17)13(9-5-3-2-4-6-9)19-14(20-15)10-7-8-11(16)21-10/h2-8H,1H3,(H,18,19,20). The van der Waals surface area contributed by atoms with Crippen molar-refractivity contribution in [2.24, 2.45) is 0 Å². The molecule has 0 atom stereocenters. The smallest absolute Gasteiger partial charge is 0.198 e. The van der Waals surface area contributed by atoms with Crippen LogP contribution in [-0.4, -0.2) is 17.0 Å². The van der Waals surface area contributed by atoms with E-state index < -0.39 is 0 Å². The van der Waals surface area contributed by atoms with Crippen molar-refractivity contribution in [3.63, 3.8) is 0 Å². The zero-order valence-electron chi connectivity index (χ0n) is 11.1. The molecule has 0 aliphatic carbocycles. The average Bonchev–Trinajstić information content (AvgIpc) is 2.95. The van der Waals surface area contributed by atoms with E-state index in [1.54, 1.807) is 0 Å². The summed E-state index contributed by atoms with van der Waals surface area (Å²) in [5.74, 6) is 1.98. The van der Waals surface area contributed by atoms with E-state index in [1.165, 1.54) is 0 Å². The number of hydrogen-bond donors (Lipinski definition) is 1. The van der Waals surface area contributed by atoms with Gasteiger partial charge in [0.15, 0.2) is 16.3 Å². The summed E-state index contributed by atoms with van der Waals surface area (Å²) in [5, 5.41) is 3.11. The number of hydrogen-bond acceptors (Lipinski definition) is 4. The van der Waals surface area contributed by atoms with Gasteiger partial charge in [0.1, 0.15) is 5.82 Å². The third-order valence-electron chi connectivity index (χ3n) is 2.93. The highest BCUT2D eigenvalue weighted by Crippen LogP contribution is 2.31. The molecular formula is C15H11BrIN3O. The molecule has 6 heteroatoms. The van der Waals surface area contributed by atoms with Gasteiger partial charge < -0.3 is 9.73 Å². The van der Waals surface area contributed by atoms with Crippen LogP contribution in [0.25, 0.3) is 22.8 Å². The number of nitrogens with zero attached hydrogens (tertiary/aromatic N) is 2. The predicted molar refractivity (Wildman–Crippen MR) is 95.1 cm³/mol. The second-order valence-corrected chi connectivity index (χ2v) is 6.14. The molecule has 0 unspecified atom stereocenters. The third kappa shape index (κ3) is 2.96. The summed E-state index contributed by atoms with van der Waals surface area (Å²) < 4.78 is 7.20. The van der Waals surface area contributed by atoms with Crippen LogP contribution in [0.2, 0.25) is 0 Å². The van der Waals surface area contributed by atoms with E-state index in [0.717, 1.165) is 20.6 Å². The van der Waals surface area contributed by atoms with Gasteiger partial charge in [-0.25, -0.2) is 9.97 Å². The molecule has 4 nitrogen and oxygen atoms in total. The van der Waals surface area contributed by atoms with Crippen LogP contribution in [0.4, 0.5) is 5.82 Å². The molecule has 0 bridgehead atoms. The van der Waals surface area contributed by atoms with E-state index >= 15 is 0 Å². The number of furan rings is 1. The Hall–Kier alpha value is -1.41. The fraction of sp³-hybridized carbons (Fsp3) is 0.0667.